The maximum atomic E-state index is 12.6. The third-order valence-electron chi connectivity index (χ3n) is 4.03. The molecule has 8 nitrogen and oxygen atoms in total. The van der Waals surface area contributed by atoms with Crippen LogP contribution >= 0.6 is 23.4 Å². The van der Waals surface area contributed by atoms with E-state index in [1.165, 1.54) is 30.0 Å². The zero-order valence-electron chi connectivity index (χ0n) is 15.5. The Hall–Kier alpha value is -3.04. The number of nitrogens with one attached hydrogen (secondary N) is 1. The Morgan fingerprint density at radius 1 is 1.31 bits per heavy atom. The Kier molecular flexibility index (Phi) is 6.40. The topological polar surface area (TPSA) is 99.3 Å². The zero-order chi connectivity index (χ0) is 21.0. The molecule has 29 heavy (non-hydrogen) atoms. The van der Waals surface area contributed by atoms with E-state index in [2.05, 4.69) is 10.3 Å². The number of methoxy groups -OCH3 is 1. The van der Waals surface area contributed by atoms with Gasteiger partial charge in [0.25, 0.3) is 5.69 Å². The highest BCUT2D eigenvalue weighted by molar-refractivity contribution is 8.00. The molecule has 3 aromatic rings. The molecule has 1 amide bonds. The first-order chi connectivity index (χ1) is 13.9. The lowest BCUT2D eigenvalue weighted by Gasteiger charge is -2.14. The number of carbonyl (C=O) groups excluding carboxylic acids is 1. The van der Waals surface area contributed by atoms with Gasteiger partial charge in [0, 0.05) is 30.2 Å². The van der Waals surface area contributed by atoms with Gasteiger partial charge in [-0.3, -0.25) is 19.5 Å². The lowest BCUT2D eigenvalue weighted by atomic mass is 10.2. The summed E-state index contributed by atoms with van der Waals surface area (Å²) < 4.78 is 7.02. The van der Waals surface area contributed by atoms with Gasteiger partial charge < -0.3 is 10.1 Å². The molecule has 0 saturated carbocycles. The van der Waals surface area contributed by atoms with Gasteiger partial charge in [0.1, 0.15) is 5.75 Å². The number of halogens is 1. The molecule has 0 saturated heterocycles. The zero-order valence-corrected chi connectivity index (χ0v) is 17.1. The van der Waals surface area contributed by atoms with E-state index >= 15 is 0 Å². The van der Waals surface area contributed by atoms with Crippen molar-refractivity contribution in [3.63, 3.8) is 0 Å². The monoisotopic (exact) mass is 432 g/mol. The van der Waals surface area contributed by atoms with Crippen molar-refractivity contribution in [1.82, 2.24) is 9.55 Å². The van der Waals surface area contributed by atoms with E-state index in [1.807, 2.05) is 28.8 Å². The van der Waals surface area contributed by atoms with E-state index in [4.69, 9.17) is 16.3 Å². The second-order valence-corrected chi connectivity index (χ2v) is 7.66. The van der Waals surface area contributed by atoms with E-state index in [0.29, 0.717) is 5.16 Å². The highest BCUT2D eigenvalue weighted by Crippen LogP contribution is 2.29. The third kappa shape index (κ3) is 4.87. The Morgan fingerprint density at radius 3 is 2.69 bits per heavy atom. The number of imidazole rings is 1. The Morgan fingerprint density at radius 2 is 2.03 bits per heavy atom. The number of nitro benzene ring substituents is 1. The molecule has 0 spiro atoms. The fourth-order valence-electron chi connectivity index (χ4n) is 2.48. The second kappa shape index (κ2) is 8.97. The molecule has 0 bridgehead atoms. The fourth-order valence-corrected chi connectivity index (χ4v) is 3.53. The molecule has 10 heteroatoms. The molecule has 3 rings (SSSR count). The maximum Gasteiger partial charge on any atom is 0.271 e. The van der Waals surface area contributed by atoms with Crippen LogP contribution in [-0.2, 0) is 4.79 Å². The van der Waals surface area contributed by atoms with Crippen molar-refractivity contribution in [2.45, 2.75) is 17.3 Å². The molecule has 2 aromatic carbocycles. The van der Waals surface area contributed by atoms with Crippen molar-refractivity contribution in [3.8, 4) is 11.4 Å². The second-order valence-electron chi connectivity index (χ2n) is 5.95. The summed E-state index contributed by atoms with van der Waals surface area (Å²) in [6.45, 7) is 1.72. The predicted octanol–water partition coefficient (Wildman–Crippen LogP) is 4.56. The molecule has 1 unspecified atom stereocenters. The molecule has 1 N–H and O–H groups in total. The van der Waals surface area contributed by atoms with Crippen molar-refractivity contribution in [2.75, 3.05) is 12.4 Å². The predicted molar refractivity (Wildman–Crippen MR) is 112 cm³/mol. The number of ether oxygens (including phenoxy) is 1. The van der Waals surface area contributed by atoms with Crippen LogP contribution in [0.25, 0.3) is 5.69 Å². The smallest absolute Gasteiger partial charge is 0.271 e. The molecule has 150 valence electrons. The van der Waals surface area contributed by atoms with Crippen LogP contribution in [0.3, 0.4) is 0 Å². The number of non-ortho nitro benzene ring substituents is 1. The van der Waals surface area contributed by atoms with Gasteiger partial charge in [-0.05, 0) is 37.3 Å². The summed E-state index contributed by atoms with van der Waals surface area (Å²) in [7, 11) is 1.60. The van der Waals surface area contributed by atoms with E-state index in [0.717, 1.165) is 11.4 Å². The quantitative estimate of drug-likeness (QED) is 0.333. The third-order valence-corrected chi connectivity index (χ3v) is 5.44. The van der Waals surface area contributed by atoms with Crippen molar-refractivity contribution in [3.05, 3.63) is 70.0 Å². The van der Waals surface area contributed by atoms with E-state index in [1.54, 1.807) is 26.4 Å². The van der Waals surface area contributed by atoms with Crippen LogP contribution in [0.1, 0.15) is 6.92 Å². The van der Waals surface area contributed by atoms with Crippen LogP contribution < -0.4 is 10.1 Å². The average molecular weight is 433 g/mol. The number of amides is 1. The number of thioether (sulfide) groups is 1. The summed E-state index contributed by atoms with van der Waals surface area (Å²) in [6.07, 6.45) is 3.45. The van der Waals surface area contributed by atoms with Gasteiger partial charge in [0.15, 0.2) is 5.16 Å². The molecule has 0 radical (unpaired) electrons. The molecule has 0 aliphatic rings. The molecule has 0 aliphatic carbocycles. The summed E-state index contributed by atoms with van der Waals surface area (Å²) in [5.41, 5.74) is 0.914. The molecule has 0 fully saturated rings. The normalized spacial score (nSPS) is 11.7. The number of nitrogens with zero attached hydrogens (tertiary/aromatic N) is 3. The number of aromatic nitrogens is 2. The van der Waals surface area contributed by atoms with Crippen molar-refractivity contribution in [1.29, 1.82) is 0 Å². The summed E-state index contributed by atoms with van der Waals surface area (Å²) in [6, 6.07) is 11.3. The van der Waals surface area contributed by atoms with E-state index in [9.17, 15) is 14.9 Å². The van der Waals surface area contributed by atoms with Gasteiger partial charge in [-0.1, -0.05) is 23.4 Å². The Balaban J connectivity index is 1.73. The number of anilines is 1. The number of carbonyl (C=O) groups is 1. The van der Waals surface area contributed by atoms with Gasteiger partial charge in [-0.2, -0.15) is 0 Å². The maximum absolute atomic E-state index is 12.6. The lowest BCUT2D eigenvalue weighted by molar-refractivity contribution is -0.384. The number of hydrogen-bond acceptors (Lipinski definition) is 6. The highest BCUT2D eigenvalue weighted by atomic mass is 35.5. The summed E-state index contributed by atoms with van der Waals surface area (Å²) >= 11 is 7.31. The summed E-state index contributed by atoms with van der Waals surface area (Å²) in [4.78, 5) is 27.3. The SMILES string of the molecule is COc1ccc(-n2ccnc2SC(C)C(=O)Nc2cc([N+](=O)[O-])ccc2Cl)cc1. The summed E-state index contributed by atoms with van der Waals surface area (Å²) in [5, 5.41) is 13.9. The number of rotatable bonds is 7. The van der Waals surface area contributed by atoms with Gasteiger partial charge in [-0.25, -0.2) is 4.98 Å². The minimum absolute atomic E-state index is 0.153. The molecule has 1 aromatic heterocycles. The van der Waals surface area contributed by atoms with Crippen molar-refractivity contribution >= 4 is 40.6 Å². The minimum Gasteiger partial charge on any atom is -0.497 e. The molecular formula is C19H17ClN4O4S. The fraction of sp³-hybridized carbons (Fsp3) is 0.158. The van der Waals surface area contributed by atoms with Crippen LogP contribution in [0, 0.1) is 10.1 Å². The first-order valence-corrected chi connectivity index (χ1v) is 9.74. The Labute approximate surface area is 176 Å². The summed E-state index contributed by atoms with van der Waals surface area (Å²) in [5.74, 6) is 0.395. The highest BCUT2D eigenvalue weighted by Gasteiger charge is 2.20. The average Bonchev–Trinajstić information content (AvgIpc) is 3.17. The van der Waals surface area contributed by atoms with Gasteiger partial charge in [0.2, 0.25) is 5.91 Å². The van der Waals surface area contributed by atoms with Crippen molar-refractivity contribution < 1.29 is 14.5 Å². The first kappa shape index (κ1) is 20.7. The Bertz CT molecular complexity index is 1040. The van der Waals surface area contributed by atoms with E-state index in [-0.39, 0.29) is 22.3 Å². The van der Waals surface area contributed by atoms with Crippen LogP contribution in [-0.4, -0.2) is 32.7 Å². The number of hydrogen-bond donors (Lipinski definition) is 1. The minimum atomic E-state index is -0.546. The molecular weight excluding hydrogens is 416 g/mol. The standard InChI is InChI=1S/C19H17ClN4O4S/c1-12(18(25)22-17-11-14(24(26)27)5-8-16(17)20)29-19-21-9-10-23(19)13-3-6-15(28-2)7-4-13/h3-12H,1-2H3,(H,22,25). The molecule has 0 aliphatic heterocycles. The van der Waals surface area contributed by atoms with Crippen LogP contribution in [0.15, 0.2) is 60.0 Å². The van der Waals surface area contributed by atoms with E-state index < -0.39 is 10.2 Å². The van der Waals surface area contributed by atoms with Crippen LogP contribution in [0.5, 0.6) is 5.75 Å². The molecule has 1 heterocycles. The van der Waals surface area contributed by atoms with Crippen LogP contribution in [0.2, 0.25) is 5.02 Å². The van der Waals surface area contributed by atoms with Gasteiger partial charge in [0.05, 0.1) is 28.0 Å². The van der Waals surface area contributed by atoms with Crippen molar-refractivity contribution in [2.24, 2.45) is 0 Å². The number of nitro groups is 1. The van der Waals surface area contributed by atoms with Crippen LogP contribution in [0.4, 0.5) is 11.4 Å². The first-order valence-electron chi connectivity index (χ1n) is 8.48. The largest absolute Gasteiger partial charge is 0.497 e. The molecule has 1 atom stereocenters. The lowest BCUT2D eigenvalue weighted by Crippen LogP contribution is -2.23. The van der Waals surface area contributed by atoms with Gasteiger partial charge >= 0.3 is 0 Å². The van der Waals surface area contributed by atoms with Gasteiger partial charge in [-0.15, -0.1) is 0 Å². The number of benzene rings is 2.